The lowest BCUT2D eigenvalue weighted by atomic mass is 10.0. The van der Waals surface area contributed by atoms with Gasteiger partial charge in [-0.15, -0.1) is 0 Å². The quantitative estimate of drug-likeness (QED) is 0.690. The van der Waals surface area contributed by atoms with E-state index in [1.807, 2.05) is 79.9 Å². The van der Waals surface area contributed by atoms with E-state index in [9.17, 15) is 9.59 Å². The van der Waals surface area contributed by atoms with E-state index in [0.717, 1.165) is 17.1 Å². The van der Waals surface area contributed by atoms with Crippen molar-refractivity contribution in [3.05, 3.63) is 89.2 Å². The molecule has 2 aromatic carbocycles. The topological polar surface area (TPSA) is 51.1 Å². The number of aromatic nitrogens is 1. The fourth-order valence-corrected chi connectivity index (χ4v) is 3.23. The minimum atomic E-state index is -0.424. The average molecular weight is 346 g/mol. The number of nitrogens with one attached hydrogen (secondary N) is 1. The Balaban J connectivity index is 1.88. The summed E-state index contributed by atoms with van der Waals surface area (Å²) in [5.74, 6) is -0.141. The summed E-state index contributed by atoms with van der Waals surface area (Å²) in [6.45, 7) is 5.64. The molecule has 26 heavy (non-hydrogen) atoms. The molecule has 0 bridgehead atoms. The smallest absolute Gasteiger partial charge is 0.247 e. The Labute approximate surface area is 153 Å². The van der Waals surface area contributed by atoms with Gasteiger partial charge < -0.3 is 9.88 Å². The van der Waals surface area contributed by atoms with Gasteiger partial charge in [0.05, 0.1) is 0 Å². The van der Waals surface area contributed by atoms with Crippen LogP contribution in [0.15, 0.2) is 66.7 Å². The van der Waals surface area contributed by atoms with Crippen molar-refractivity contribution >= 4 is 17.4 Å². The number of aryl methyl sites for hydroxylation is 1. The number of nitrogens with zero attached hydrogens (tertiary/aromatic N) is 1. The minimum Gasteiger partial charge on any atom is -0.336 e. The average Bonchev–Trinajstić information content (AvgIpc) is 2.96. The summed E-state index contributed by atoms with van der Waals surface area (Å²) in [6, 6.07) is 20.0. The molecule has 0 aliphatic carbocycles. The SMILES string of the molecule is Cc1cc(C(=O)c2ccccc2)c(C)n1C(C)C(=O)Nc1ccccc1. The van der Waals surface area contributed by atoms with Crippen LogP contribution in [0.1, 0.15) is 40.3 Å². The van der Waals surface area contributed by atoms with E-state index in [1.165, 1.54) is 0 Å². The van der Waals surface area contributed by atoms with E-state index < -0.39 is 6.04 Å². The highest BCUT2D eigenvalue weighted by Crippen LogP contribution is 2.24. The van der Waals surface area contributed by atoms with Gasteiger partial charge in [-0.05, 0) is 39.0 Å². The maximum Gasteiger partial charge on any atom is 0.247 e. The van der Waals surface area contributed by atoms with Crippen LogP contribution in [0.5, 0.6) is 0 Å². The molecule has 4 heteroatoms. The molecule has 0 aliphatic rings. The summed E-state index contributed by atoms with van der Waals surface area (Å²) < 4.78 is 1.91. The molecular formula is C22H22N2O2. The highest BCUT2D eigenvalue weighted by atomic mass is 16.2. The molecule has 1 aromatic heterocycles. The second-order valence-corrected chi connectivity index (χ2v) is 6.38. The van der Waals surface area contributed by atoms with Crippen LogP contribution in [0.4, 0.5) is 5.69 Å². The van der Waals surface area contributed by atoms with Crippen molar-refractivity contribution in [2.24, 2.45) is 0 Å². The molecule has 132 valence electrons. The van der Waals surface area contributed by atoms with Crippen LogP contribution >= 0.6 is 0 Å². The molecule has 0 saturated carbocycles. The van der Waals surface area contributed by atoms with Crippen LogP contribution in [0.25, 0.3) is 0 Å². The Morgan fingerprint density at radius 2 is 1.50 bits per heavy atom. The van der Waals surface area contributed by atoms with Gasteiger partial charge in [0.1, 0.15) is 6.04 Å². The molecule has 3 aromatic rings. The zero-order chi connectivity index (χ0) is 18.7. The molecule has 0 saturated heterocycles. The summed E-state index contributed by atoms with van der Waals surface area (Å²) in [5, 5.41) is 2.92. The molecule has 1 amide bonds. The lowest BCUT2D eigenvalue weighted by Gasteiger charge is -2.18. The third-order valence-electron chi connectivity index (χ3n) is 4.57. The Hall–Kier alpha value is -3.14. The molecule has 4 nitrogen and oxygen atoms in total. The lowest BCUT2D eigenvalue weighted by molar-refractivity contribution is -0.118. The van der Waals surface area contributed by atoms with Crippen LogP contribution < -0.4 is 5.32 Å². The minimum absolute atomic E-state index is 0.0272. The van der Waals surface area contributed by atoms with Crippen LogP contribution in [-0.4, -0.2) is 16.3 Å². The fourth-order valence-electron chi connectivity index (χ4n) is 3.23. The summed E-state index contributed by atoms with van der Waals surface area (Å²) in [4.78, 5) is 25.5. The molecule has 3 rings (SSSR count). The summed E-state index contributed by atoms with van der Waals surface area (Å²) >= 11 is 0. The van der Waals surface area contributed by atoms with Crippen molar-refractivity contribution in [1.29, 1.82) is 0 Å². The molecule has 1 heterocycles. The molecule has 1 atom stereocenters. The molecule has 0 radical (unpaired) electrons. The number of hydrogen-bond donors (Lipinski definition) is 1. The van der Waals surface area contributed by atoms with E-state index in [0.29, 0.717) is 11.1 Å². The van der Waals surface area contributed by atoms with Gasteiger partial charge >= 0.3 is 0 Å². The summed E-state index contributed by atoms with van der Waals surface area (Å²) in [5.41, 5.74) is 3.72. The predicted octanol–water partition coefficient (Wildman–Crippen LogP) is 4.54. The van der Waals surface area contributed by atoms with Crippen LogP contribution in [0.3, 0.4) is 0 Å². The Morgan fingerprint density at radius 3 is 2.12 bits per heavy atom. The van der Waals surface area contributed by atoms with Crippen LogP contribution in [-0.2, 0) is 4.79 Å². The van der Waals surface area contributed by atoms with Gasteiger partial charge in [0.15, 0.2) is 5.78 Å². The Morgan fingerprint density at radius 1 is 0.923 bits per heavy atom. The lowest BCUT2D eigenvalue weighted by Crippen LogP contribution is -2.25. The van der Waals surface area contributed by atoms with Crippen molar-refractivity contribution in [3.8, 4) is 0 Å². The van der Waals surface area contributed by atoms with Gasteiger partial charge in [-0.3, -0.25) is 9.59 Å². The zero-order valence-electron chi connectivity index (χ0n) is 15.2. The van der Waals surface area contributed by atoms with Crippen molar-refractivity contribution in [3.63, 3.8) is 0 Å². The van der Waals surface area contributed by atoms with Gasteiger partial charge in [0.2, 0.25) is 5.91 Å². The maximum atomic E-state index is 12.8. The van der Waals surface area contributed by atoms with Crippen molar-refractivity contribution in [2.75, 3.05) is 5.32 Å². The third-order valence-corrected chi connectivity index (χ3v) is 4.57. The number of rotatable bonds is 5. The number of amides is 1. The van der Waals surface area contributed by atoms with Crippen molar-refractivity contribution < 1.29 is 9.59 Å². The normalized spacial score (nSPS) is 11.8. The van der Waals surface area contributed by atoms with Crippen LogP contribution in [0, 0.1) is 13.8 Å². The van der Waals surface area contributed by atoms with Crippen molar-refractivity contribution in [2.45, 2.75) is 26.8 Å². The first-order valence-corrected chi connectivity index (χ1v) is 8.63. The van der Waals surface area contributed by atoms with E-state index in [4.69, 9.17) is 0 Å². The van der Waals surface area contributed by atoms with Gasteiger partial charge in [0, 0.05) is 28.2 Å². The van der Waals surface area contributed by atoms with Crippen molar-refractivity contribution in [1.82, 2.24) is 4.57 Å². The summed E-state index contributed by atoms with van der Waals surface area (Å²) in [7, 11) is 0. The maximum absolute atomic E-state index is 12.8. The fraction of sp³-hybridized carbons (Fsp3) is 0.182. The number of ketones is 1. The van der Waals surface area contributed by atoms with E-state index >= 15 is 0 Å². The van der Waals surface area contributed by atoms with Gasteiger partial charge in [-0.1, -0.05) is 48.5 Å². The first kappa shape index (κ1) is 17.7. The molecule has 0 aliphatic heterocycles. The third kappa shape index (κ3) is 3.45. The molecule has 1 unspecified atom stereocenters. The standard InChI is InChI=1S/C22H22N2O2/c1-15-14-20(21(25)18-10-6-4-7-11-18)16(2)24(15)17(3)22(26)23-19-12-8-5-9-13-19/h4-14,17H,1-3H3,(H,23,26). The highest BCUT2D eigenvalue weighted by Gasteiger charge is 2.23. The molecular weight excluding hydrogens is 324 g/mol. The number of benzene rings is 2. The Kier molecular flexibility index (Phi) is 5.03. The zero-order valence-corrected chi connectivity index (χ0v) is 15.2. The van der Waals surface area contributed by atoms with Gasteiger partial charge in [-0.25, -0.2) is 0 Å². The summed E-state index contributed by atoms with van der Waals surface area (Å²) in [6.07, 6.45) is 0. The molecule has 0 fully saturated rings. The van der Waals surface area contributed by atoms with E-state index in [-0.39, 0.29) is 11.7 Å². The second-order valence-electron chi connectivity index (χ2n) is 6.38. The second kappa shape index (κ2) is 7.40. The first-order valence-electron chi connectivity index (χ1n) is 8.63. The number of hydrogen-bond acceptors (Lipinski definition) is 2. The van der Waals surface area contributed by atoms with Gasteiger partial charge in [0.25, 0.3) is 0 Å². The van der Waals surface area contributed by atoms with E-state index in [1.54, 1.807) is 12.1 Å². The first-order chi connectivity index (χ1) is 12.5. The molecule has 1 N–H and O–H groups in total. The monoisotopic (exact) mass is 346 g/mol. The number of carbonyl (C=O) groups excluding carboxylic acids is 2. The number of anilines is 1. The van der Waals surface area contributed by atoms with E-state index in [2.05, 4.69) is 5.32 Å². The number of carbonyl (C=O) groups is 2. The number of para-hydroxylation sites is 1. The van der Waals surface area contributed by atoms with Gasteiger partial charge in [-0.2, -0.15) is 0 Å². The van der Waals surface area contributed by atoms with Crippen LogP contribution in [0.2, 0.25) is 0 Å². The Bertz CT molecular complexity index is 928. The largest absolute Gasteiger partial charge is 0.336 e. The molecule has 0 spiro atoms. The highest BCUT2D eigenvalue weighted by molar-refractivity contribution is 6.10. The predicted molar refractivity (Wildman–Crippen MR) is 104 cm³/mol.